The third-order valence-electron chi connectivity index (χ3n) is 5.37. The van der Waals surface area contributed by atoms with Crippen LogP contribution in [0.15, 0.2) is 42.5 Å². The molecule has 0 radical (unpaired) electrons. The van der Waals surface area contributed by atoms with E-state index in [0.29, 0.717) is 17.0 Å². The number of alkyl halides is 3. The summed E-state index contributed by atoms with van der Waals surface area (Å²) in [6.07, 6.45) is -1.52. The van der Waals surface area contributed by atoms with Gasteiger partial charge in [0.15, 0.2) is 6.79 Å². The molecule has 0 saturated heterocycles. The fourth-order valence-electron chi connectivity index (χ4n) is 3.85. The Kier molecular flexibility index (Phi) is 6.36. The van der Waals surface area contributed by atoms with E-state index in [1.165, 1.54) is 12.1 Å². The van der Waals surface area contributed by atoms with Crippen LogP contribution in [0.5, 0.6) is 5.75 Å². The number of halogens is 3. The molecule has 0 spiro atoms. The van der Waals surface area contributed by atoms with Crippen molar-refractivity contribution in [1.82, 2.24) is 0 Å². The molecule has 3 rings (SSSR count). The van der Waals surface area contributed by atoms with Crippen molar-refractivity contribution in [3.05, 3.63) is 59.2 Å². The van der Waals surface area contributed by atoms with Crippen LogP contribution in [0.4, 0.5) is 13.2 Å². The molecule has 0 aliphatic heterocycles. The van der Waals surface area contributed by atoms with Crippen molar-refractivity contribution >= 4 is 13.9 Å². The Labute approximate surface area is 166 Å². The van der Waals surface area contributed by atoms with E-state index in [1.807, 2.05) is 19.1 Å². The van der Waals surface area contributed by atoms with E-state index in [-0.39, 0.29) is 20.5 Å². The molecule has 2 aromatic rings. The summed E-state index contributed by atoms with van der Waals surface area (Å²) < 4.78 is 51.7. The van der Waals surface area contributed by atoms with Crippen LogP contribution in [-0.4, -0.2) is 13.9 Å². The summed E-state index contributed by atoms with van der Waals surface area (Å²) in [5.41, 5.74) is 1.55. The van der Waals surface area contributed by atoms with Crippen molar-refractivity contribution in [1.29, 1.82) is 0 Å². The average molecular weight is 410 g/mol. The minimum atomic E-state index is -4.35. The highest BCUT2D eigenvalue weighted by Crippen LogP contribution is 2.61. The maximum atomic E-state index is 13.6. The monoisotopic (exact) mass is 410 g/mol. The molecular formula is C22H26F3O2P. The molecule has 6 heteroatoms. The lowest BCUT2D eigenvalue weighted by Crippen LogP contribution is -2.28. The zero-order valence-electron chi connectivity index (χ0n) is 16.4. The molecule has 0 aromatic heterocycles. The van der Waals surface area contributed by atoms with Gasteiger partial charge < -0.3 is 9.47 Å². The van der Waals surface area contributed by atoms with Gasteiger partial charge in [-0.3, -0.25) is 0 Å². The van der Waals surface area contributed by atoms with Crippen LogP contribution in [0, 0.1) is 12.8 Å². The maximum absolute atomic E-state index is 13.6. The second-order valence-electron chi connectivity index (χ2n) is 7.32. The van der Waals surface area contributed by atoms with E-state index in [2.05, 4.69) is 13.0 Å². The third kappa shape index (κ3) is 4.36. The smallest absolute Gasteiger partial charge is 0.417 e. The first-order chi connectivity index (χ1) is 13.3. The van der Waals surface area contributed by atoms with Crippen LogP contribution in [0.1, 0.15) is 42.9 Å². The number of rotatable bonds is 8. The van der Waals surface area contributed by atoms with Gasteiger partial charge in [-0.05, 0) is 49.5 Å². The average Bonchev–Trinajstić information content (AvgIpc) is 3.50. The first-order valence-corrected chi connectivity index (χ1v) is 10.5. The quantitative estimate of drug-likeness (QED) is 0.392. The molecular weight excluding hydrogens is 384 g/mol. The Morgan fingerprint density at radius 2 is 1.79 bits per heavy atom. The first-order valence-electron chi connectivity index (χ1n) is 9.49. The molecule has 152 valence electrons. The van der Waals surface area contributed by atoms with Crippen LogP contribution in [0.2, 0.25) is 0 Å². The van der Waals surface area contributed by atoms with Crippen molar-refractivity contribution in [3.63, 3.8) is 0 Å². The normalized spacial score (nSPS) is 17.1. The molecule has 1 saturated carbocycles. The van der Waals surface area contributed by atoms with E-state index >= 15 is 0 Å². The highest BCUT2D eigenvalue weighted by atomic mass is 31.1. The Morgan fingerprint density at radius 3 is 2.39 bits per heavy atom. The number of aryl methyl sites for hydroxylation is 1. The molecule has 0 amide bonds. The maximum Gasteiger partial charge on any atom is 0.417 e. The van der Waals surface area contributed by atoms with Gasteiger partial charge in [0.1, 0.15) is 5.75 Å². The standard InChI is InChI=1S/C22H26F3O2P/c1-4-21(16-10-11-16,18-13-15(2)9-12-19(18)27-14-26-3)28-20-8-6-5-7-17(20)22(23,24)25/h5-9,12-13,16,28H,4,10-11,14H2,1-3H3. The topological polar surface area (TPSA) is 18.5 Å². The van der Waals surface area contributed by atoms with Gasteiger partial charge in [0.05, 0.1) is 5.56 Å². The van der Waals surface area contributed by atoms with Crippen molar-refractivity contribution in [2.45, 2.75) is 44.4 Å². The summed E-state index contributed by atoms with van der Waals surface area (Å²) >= 11 is 0. The molecule has 0 N–H and O–H groups in total. The summed E-state index contributed by atoms with van der Waals surface area (Å²) in [5.74, 6) is 1.07. The number of hydrogen-bond donors (Lipinski definition) is 0. The summed E-state index contributed by atoms with van der Waals surface area (Å²) in [4.78, 5) is 0. The molecule has 0 bridgehead atoms. The van der Waals surface area contributed by atoms with Gasteiger partial charge in [0.2, 0.25) is 0 Å². The molecule has 0 heterocycles. The minimum absolute atomic E-state index is 0.0156. The second kappa shape index (κ2) is 8.42. The predicted octanol–water partition coefficient (Wildman–Crippen LogP) is 6.02. The zero-order valence-corrected chi connectivity index (χ0v) is 17.4. The van der Waals surface area contributed by atoms with Crippen molar-refractivity contribution in [2.24, 2.45) is 5.92 Å². The third-order valence-corrected chi connectivity index (χ3v) is 7.55. The number of methoxy groups -OCH3 is 1. The molecule has 28 heavy (non-hydrogen) atoms. The van der Waals surface area contributed by atoms with E-state index in [1.54, 1.807) is 19.2 Å². The van der Waals surface area contributed by atoms with Crippen LogP contribution in [-0.2, 0) is 16.1 Å². The largest absolute Gasteiger partial charge is 0.467 e. The minimum Gasteiger partial charge on any atom is -0.467 e. The van der Waals surface area contributed by atoms with Crippen molar-refractivity contribution < 1.29 is 22.6 Å². The van der Waals surface area contributed by atoms with E-state index < -0.39 is 11.7 Å². The van der Waals surface area contributed by atoms with Crippen molar-refractivity contribution in [2.75, 3.05) is 13.9 Å². The Balaban J connectivity index is 2.11. The SMILES string of the molecule is CCC(Pc1ccccc1C(F)(F)F)(c1cc(C)ccc1OCOC)C1CC1. The van der Waals surface area contributed by atoms with Crippen LogP contribution < -0.4 is 10.0 Å². The van der Waals surface area contributed by atoms with Crippen LogP contribution >= 0.6 is 8.58 Å². The summed E-state index contributed by atoms with van der Waals surface area (Å²) in [7, 11) is 1.57. The van der Waals surface area contributed by atoms with Gasteiger partial charge >= 0.3 is 6.18 Å². The predicted molar refractivity (Wildman–Crippen MR) is 108 cm³/mol. The van der Waals surface area contributed by atoms with Gasteiger partial charge in [-0.15, -0.1) is 0 Å². The van der Waals surface area contributed by atoms with Gasteiger partial charge in [-0.2, -0.15) is 13.2 Å². The lowest BCUT2D eigenvalue weighted by molar-refractivity contribution is -0.136. The van der Waals surface area contributed by atoms with Gasteiger partial charge in [-0.25, -0.2) is 0 Å². The Hall–Kier alpha value is -1.58. The zero-order chi connectivity index (χ0) is 20.4. The molecule has 2 aromatic carbocycles. The lowest BCUT2D eigenvalue weighted by atomic mass is 9.88. The lowest BCUT2D eigenvalue weighted by Gasteiger charge is -2.36. The highest BCUT2D eigenvalue weighted by Gasteiger charge is 2.48. The Bertz CT molecular complexity index is 818. The molecule has 2 atom stereocenters. The van der Waals surface area contributed by atoms with Gasteiger partial charge in [-0.1, -0.05) is 51.4 Å². The highest BCUT2D eigenvalue weighted by molar-refractivity contribution is 7.48. The van der Waals surface area contributed by atoms with Crippen molar-refractivity contribution in [3.8, 4) is 5.75 Å². The second-order valence-corrected chi connectivity index (χ2v) is 9.00. The summed E-state index contributed by atoms with van der Waals surface area (Å²) in [5, 5.41) is 0.0131. The number of ether oxygens (including phenoxy) is 2. The van der Waals surface area contributed by atoms with E-state index in [4.69, 9.17) is 9.47 Å². The first kappa shape index (κ1) is 21.1. The number of hydrogen-bond acceptors (Lipinski definition) is 2. The molecule has 1 aliphatic rings. The molecule has 2 unspecified atom stereocenters. The molecule has 2 nitrogen and oxygen atoms in total. The van der Waals surface area contributed by atoms with Gasteiger partial charge in [0, 0.05) is 17.8 Å². The fraction of sp³-hybridized carbons (Fsp3) is 0.455. The Morgan fingerprint density at radius 1 is 1.07 bits per heavy atom. The van der Waals surface area contributed by atoms with Gasteiger partial charge in [0.25, 0.3) is 0 Å². The molecule has 1 aliphatic carbocycles. The van der Waals surface area contributed by atoms with E-state index in [0.717, 1.165) is 30.4 Å². The van der Waals surface area contributed by atoms with Crippen LogP contribution in [0.25, 0.3) is 0 Å². The summed E-state index contributed by atoms with van der Waals surface area (Å²) in [6, 6.07) is 11.9. The summed E-state index contributed by atoms with van der Waals surface area (Å²) in [6.45, 7) is 4.19. The fourth-order valence-corrected chi connectivity index (χ4v) is 5.87. The number of benzene rings is 2. The van der Waals surface area contributed by atoms with Crippen LogP contribution in [0.3, 0.4) is 0 Å². The molecule has 1 fully saturated rings. The van der Waals surface area contributed by atoms with E-state index in [9.17, 15) is 13.2 Å².